The number of benzene rings is 2. The van der Waals surface area contributed by atoms with E-state index in [4.69, 9.17) is 16.0 Å². The first-order valence-electron chi connectivity index (χ1n) is 13.1. The highest BCUT2D eigenvalue weighted by Gasteiger charge is 2.37. The first kappa shape index (κ1) is 26.7. The van der Waals surface area contributed by atoms with Crippen molar-refractivity contribution in [3.8, 4) is 11.3 Å². The van der Waals surface area contributed by atoms with E-state index in [2.05, 4.69) is 57.1 Å². The van der Waals surface area contributed by atoms with Gasteiger partial charge in [-0.1, -0.05) is 63.6 Å². The highest BCUT2D eigenvalue weighted by molar-refractivity contribution is 7.16. The van der Waals surface area contributed by atoms with Crippen LogP contribution in [-0.2, 0) is 17.3 Å². The molecule has 0 saturated heterocycles. The summed E-state index contributed by atoms with van der Waals surface area (Å²) < 4.78 is 6.01. The second kappa shape index (κ2) is 9.69. The second-order valence-electron chi connectivity index (χ2n) is 11.9. The van der Waals surface area contributed by atoms with Crippen molar-refractivity contribution in [1.82, 2.24) is 4.98 Å². The standard InChI is InChI=1S/C32H35ClN2O2S/c1-18-8-9-21(17-26(18)33)28-20(3)38-30(34-28)35-29(36)27-11-10-23(37-27)15-22-16-25-24(14-19(22)2)31(4,5)12-13-32(25,6)7/h8-11,14,16-17H,12-13,15H2,1-7H3,(H,34,35,36). The minimum atomic E-state index is -0.302. The molecule has 0 radical (unpaired) electrons. The van der Waals surface area contributed by atoms with E-state index in [0.29, 0.717) is 16.6 Å². The Morgan fingerprint density at radius 2 is 1.66 bits per heavy atom. The lowest BCUT2D eigenvalue weighted by molar-refractivity contribution is 0.0995. The minimum absolute atomic E-state index is 0.149. The van der Waals surface area contributed by atoms with Crippen molar-refractivity contribution in [1.29, 1.82) is 0 Å². The fourth-order valence-electron chi connectivity index (χ4n) is 5.36. The molecule has 0 fully saturated rings. The van der Waals surface area contributed by atoms with E-state index in [9.17, 15) is 4.79 Å². The van der Waals surface area contributed by atoms with Crippen molar-refractivity contribution in [2.75, 3.05) is 5.32 Å². The van der Waals surface area contributed by atoms with Crippen LogP contribution in [0.2, 0.25) is 5.02 Å². The molecule has 1 N–H and O–H groups in total. The van der Waals surface area contributed by atoms with Gasteiger partial charge in [0.1, 0.15) is 5.76 Å². The molecule has 6 heteroatoms. The molecule has 0 spiro atoms. The Morgan fingerprint density at radius 3 is 2.34 bits per heavy atom. The summed E-state index contributed by atoms with van der Waals surface area (Å²) in [5, 5.41) is 4.14. The van der Waals surface area contributed by atoms with Crippen LogP contribution < -0.4 is 5.32 Å². The molecule has 1 amide bonds. The largest absolute Gasteiger partial charge is 0.456 e. The molecule has 38 heavy (non-hydrogen) atoms. The second-order valence-corrected chi connectivity index (χ2v) is 13.5. The van der Waals surface area contributed by atoms with Crippen LogP contribution >= 0.6 is 22.9 Å². The molecule has 4 aromatic rings. The number of carbonyl (C=O) groups is 1. The quantitative estimate of drug-likeness (QED) is 0.271. The van der Waals surface area contributed by atoms with E-state index in [1.165, 1.54) is 46.4 Å². The number of nitrogens with one attached hydrogen (secondary N) is 1. The number of halogens is 1. The first-order chi connectivity index (χ1) is 17.8. The fourth-order valence-corrected chi connectivity index (χ4v) is 6.37. The molecule has 2 heterocycles. The molecule has 0 bridgehead atoms. The van der Waals surface area contributed by atoms with E-state index in [1.54, 1.807) is 6.07 Å². The van der Waals surface area contributed by atoms with E-state index >= 15 is 0 Å². The Balaban J connectivity index is 1.34. The zero-order valence-electron chi connectivity index (χ0n) is 23.2. The normalized spacial score (nSPS) is 15.8. The van der Waals surface area contributed by atoms with Crippen LogP contribution in [0.3, 0.4) is 0 Å². The summed E-state index contributed by atoms with van der Waals surface area (Å²) >= 11 is 7.75. The predicted octanol–water partition coefficient (Wildman–Crippen LogP) is 9.17. The van der Waals surface area contributed by atoms with Gasteiger partial charge >= 0.3 is 0 Å². The van der Waals surface area contributed by atoms with Crippen LogP contribution in [0.4, 0.5) is 5.13 Å². The Bertz CT molecular complexity index is 1540. The van der Waals surface area contributed by atoms with Crippen LogP contribution in [0.25, 0.3) is 11.3 Å². The van der Waals surface area contributed by atoms with E-state index in [-0.39, 0.29) is 22.5 Å². The van der Waals surface area contributed by atoms with Crippen LogP contribution in [0, 0.1) is 20.8 Å². The number of fused-ring (bicyclic) bond motifs is 1. The zero-order valence-corrected chi connectivity index (χ0v) is 24.8. The summed E-state index contributed by atoms with van der Waals surface area (Å²) in [6.45, 7) is 15.5. The number of amides is 1. The molecular formula is C32H35ClN2O2S. The Labute approximate surface area is 234 Å². The first-order valence-corrected chi connectivity index (χ1v) is 14.3. The molecule has 0 saturated carbocycles. The molecule has 0 unspecified atom stereocenters. The summed E-state index contributed by atoms with van der Waals surface area (Å²) in [6.07, 6.45) is 3.02. The molecule has 2 aromatic carbocycles. The lowest BCUT2D eigenvalue weighted by atomic mass is 9.62. The lowest BCUT2D eigenvalue weighted by Gasteiger charge is -2.42. The summed E-state index contributed by atoms with van der Waals surface area (Å²) in [5.41, 5.74) is 8.50. The Kier molecular flexibility index (Phi) is 6.81. The monoisotopic (exact) mass is 546 g/mol. The third-order valence-corrected chi connectivity index (χ3v) is 9.32. The zero-order chi connectivity index (χ0) is 27.4. The lowest BCUT2D eigenvalue weighted by Crippen LogP contribution is -2.34. The van der Waals surface area contributed by atoms with Gasteiger partial charge in [-0.3, -0.25) is 10.1 Å². The van der Waals surface area contributed by atoms with Crippen LogP contribution in [-0.4, -0.2) is 10.9 Å². The molecule has 1 aliphatic carbocycles. The molecule has 198 valence electrons. The summed E-state index contributed by atoms with van der Waals surface area (Å²) in [4.78, 5) is 18.7. The SMILES string of the molecule is Cc1ccc(-c2nc(NC(=O)c3ccc(Cc4cc5c(cc4C)C(C)(C)CCC5(C)C)o3)sc2C)cc1Cl. The summed E-state index contributed by atoms with van der Waals surface area (Å²) in [6, 6.07) is 14.3. The highest BCUT2D eigenvalue weighted by Crippen LogP contribution is 2.46. The molecule has 5 rings (SSSR count). The third-order valence-electron chi connectivity index (χ3n) is 8.02. The maximum Gasteiger partial charge on any atom is 0.293 e. The minimum Gasteiger partial charge on any atom is -0.456 e. The van der Waals surface area contributed by atoms with Gasteiger partial charge in [0.05, 0.1) is 5.69 Å². The molecule has 2 aromatic heterocycles. The van der Waals surface area contributed by atoms with Crippen LogP contribution in [0.5, 0.6) is 0 Å². The number of carbonyl (C=O) groups excluding carboxylic acids is 1. The number of nitrogens with zero attached hydrogens (tertiary/aromatic N) is 1. The van der Waals surface area contributed by atoms with Crippen LogP contribution in [0.1, 0.15) is 89.5 Å². The van der Waals surface area contributed by atoms with Gasteiger partial charge in [-0.05, 0) is 90.5 Å². The van der Waals surface area contributed by atoms with Crippen LogP contribution in [0.15, 0.2) is 46.9 Å². The molecule has 0 atom stereocenters. The van der Waals surface area contributed by atoms with E-state index < -0.39 is 0 Å². The number of aromatic nitrogens is 1. The number of hydrogen-bond donors (Lipinski definition) is 1. The number of anilines is 1. The van der Waals surface area contributed by atoms with Gasteiger partial charge in [-0.2, -0.15) is 0 Å². The van der Waals surface area contributed by atoms with Gasteiger partial charge in [-0.15, -0.1) is 11.3 Å². The maximum atomic E-state index is 13.0. The molecule has 4 nitrogen and oxygen atoms in total. The van der Waals surface area contributed by atoms with Gasteiger partial charge in [0.25, 0.3) is 5.91 Å². The van der Waals surface area contributed by atoms with Crippen molar-refractivity contribution in [3.63, 3.8) is 0 Å². The van der Waals surface area contributed by atoms with Crippen molar-refractivity contribution < 1.29 is 9.21 Å². The van der Waals surface area contributed by atoms with Crippen molar-refractivity contribution in [2.24, 2.45) is 0 Å². The van der Waals surface area contributed by atoms with Crippen molar-refractivity contribution in [3.05, 3.63) is 91.7 Å². The van der Waals surface area contributed by atoms with Crippen molar-refractivity contribution in [2.45, 2.75) is 78.6 Å². The summed E-state index contributed by atoms with van der Waals surface area (Å²) in [7, 11) is 0. The molecule has 0 aliphatic heterocycles. The number of furan rings is 1. The number of thiazole rings is 1. The third kappa shape index (κ3) is 5.06. The summed E-state index contributed by atoms with van der Waals surface area (Å²) in [5.74, 6) is 0.754. The smallest absolute Gasteiger partial charge is 0.293 e. The van der Waals surface area contributed by atoms with E-state index in [0.717, 1.165) is 27.5 Å². The molecule has 1 aliphatic rings. The maximum absolute atomic E-state index is 13.0. The van der Waals surface area contributed by atoms with Gasteiger partial charge in [0, 0.05) is 21.9 Å². The number of hydrogen-bond acceptors (Lipinski definition) is 4. The number of rotatable bonds is 5. The Morgan fingerprint density at radius 1 is 0.974 bits per heavy atom. The van der Waals surface area contributed by atoms with Gasteiger partial charge in [0.15, 0.2) is 10.9 Å². The van der Waals surface area contributed by atoms with Gasteiger partial charge in [0.2, 0.25) is 0 Å². The van der Waals surface area contributed by atoms with Gasteiger partial charge in [-0.25, -0.2) is 4.98 Å². The van der Waals surface area contributed by atoms with E-state index in [1.807, 2.05) is 38.1 Å². The number of aryl methyl sites for hydroxylation is 3. The predicted molar refractivity (Wildman–Crippen MR) is 158 cm³/mol. The Hall–Kier alpha value is -2.89. The fraction of sp³-hybridized carbons (Fsp3) is 0.375. The topological polar surface area (TPSA) is 55.1 Å². The molecular weight excluding hydrogens is 512 g/mol. The average molecular weight is 547 g/mol. The highest BCUT2D eigenvalue weighted by atomic mass is 35.5. The average Bonchev–Trinajstić information content (AvgIpc) is 3.46. The van der Waals surface area contributed by atoms with Crippen molar-refractivity contribution >= 4 is 34.0 Å². The van der Waals surface area contributed by atoms with Gasteiger partial charge < -0.3 is 4.42 Å².